The van der Waals surface area contributed by atoms with Gasteiger partial charge in [0.2, 0.25) is 0 Å². The Hall–Kier alpha value is -0.650. The summed E-state index contributed by atoms with van der Waals surface area (Å²) < 4.78 is 5.18. The standard InChI is InChI=1S/C9H18N2O3/c1-14-7-3-5-11(6-7)8(2-4-10)9(12)13/h7-8H,2-6,10H2,1H3,(H,12,13). The molecule has 5 nitrogen and oxygen atoms in total. The zero-order chi connectivity index (χ0) is 10.6. The van der Waals surface area contributed by atoms with Crippen molar-refractivity contribution in [1.29, 1.82) is 0 Å². The van der Waals surface area contributed by atoms with E-state index in [4.69, 9.17) is 15.6 Å². The van der Waals surface area contributed by atoms with Gasteiger partial charge in [-0.15, -0.1) is 0 Å². The van der Waals surface area contributed by atoms with Gasteiger partial charge in [0.1, 0.15) is 6.04 Å². The molecule has 14 heavy (non-hydrogen) atoms. The second-order valence-corrected chi connectivity index (χ2v) is 3.57. The normalized spacial score (nSPS) is 25.1. The van der Waals surface area contributed by atoms with E-state index in [1.807, 2.05) is 4.90 Å². The first-order valence-corrected chi connectivity index (χ1v) is 4.88. The molecule has 1 aliphatic rings. The fraction of sp³-hybridized carbons (Fsp3) is 0.889. The number of carboxylic acid groups (broad SMARTS) is 1. The van der Waals surface area contributed by atoms with Gasteiger partial charge in [0.25, 0.3) is 0 Å². The summed E-state index contributed by atoms with van der Waals surface area (Å²) in [6, 6.07) is -0.444. The SMILES string of the molecule is COC1CCN(C(CCN)C(=O)O)C1. The highest BCUT2D eigenvalue weighted by Crippen LogP contribution is 2.16. The number of aliphatic carboxylic acids is 1. The molecule has 0 aromatic heterocycles. The van der Waals surface area contributed by atoms with Crippen molar-refractivity contribution < 1.29 is 14.6 Å². The lowest BCUT2D eigenvalue weighted by atomic mass is 10.2. The Morgan fingerprint density at radius 1 is 1.79 bits per heavy atom. The Kier molecular flexibility index (Phi) is 4.31. The first-order chi connectivity index (χ1) is 6.69. The zero-order valence-electron chi connectivity index (χ0n) is 8.48. The van der Waals surface area contributed by atoms with Crippen molar-refractivity contribution in [3.63, 3.8) is 0 Å². The molecule has 2 atom stereocenters. The fourth-order valence-electron chi connectivity index (χ4n) is 1.85. The maximum absolute atomic E-state index is 10.9. The molecule has 2 unspecified atom stereocenters. The van der Waals surface area contributed by atoms with Gasteiger partial charge in [-0.2, -0.15) is 0 Å². The summed E-state index contributed by atoms with van der Waals surface area (Å²) in [4.78, 5) is 12.9. The predicted molar refractivity (Wildman–Crippen MR) is 52.1 cm³/mol. The van der Waals surface area contributed by atoms with Crippen LogP contribution in [0.1, 0.15) is 12.8 Å². The number of rotatable bonds is 5. The summed E-state index contributed by atoms with van der Waals surface area (Å²) in [7, 11) is 1.66. The quantitative estimate of drug-likeness (QED) is 0.629. The van der Waals surface area contributed by atoms with Crippen LogP contribution in [0.2, 0.25) is 0 Å². The van der Waals surface area contributed by atoms with Crippen molar-refractivity contribution >= 4 is 5.97 Å². The average molecular weight is 202 g/mol. The predicted octanol–water partition coefficient (Wildman–Crippen LogP) is -0.491. The molecule has 1 heterocycles. The summed E-state index contributed by atoms with van der Waals surface area (Å²) in [6.07, 6.45) is 1.59. The second kappa shape index (κ2) is 5.29. The third-order valence-electron chi connectivity index (χ3n) is 2.68. The van der Waals surface area contributed by atoms with Crippen molar-refractivity contribution in [2.24, 2.45) is 5.73 Å². The molecule has 0 aliphatic carbocycles. The molecule has 1 fully saturated rings. The van der Waals surface area contributed by atoms with Crippen molar-refractivity contribution in [1.82, 2.24) is 4.90 Å². The second-order valence-electron chi connectivity index (χ2n) is 3.57. The molecule has 0 aromatic rings. The van der Waals surface area contributed by atoms with E-state index in [-0.39, 0.29) is 6.10 Å². The van der Waals surface area contributed by atoms with Crippen LogP contribution in [0.4, 0.5) is 0 Å². The lowest BCUT2D eigenvalue weighted by molar-refractivity contribution is -0.143. The van der Waals surface area contributed by atoms with Crippen LogP contribution in [0.15, 0.2) is 0 Å². The Balaban J connectivity index is 2.48. The van der Waals surface area contributed by atoms with E-state index in [1.54, 1.807) is 7.11 Å². The summed E-state index contributed by atoms with van der Waals surface area (Å²) >= 11 is 0. The monoisotopic (exact) mass is 202 g/mol. The molecule has 3 N–H and O–H groups in total. The Labute approximate surface area is 83.8 Å². The zero-order valence-corrected chi connectivity index (χ0v) is 8.48. The van der Waals surface area contributed by atoms with Crippen LogP contribution in [-0.4, -0.2) is 54.9 Å². The highest BCUT2D eigenvalue weighted by molar-refractivity contribution is 5.73. The van der Waals surface area contributed by atoms with E-state index in [1.165, 1.54) is 0 Å². The van der Waals surface area contributed by atoms with Crippen LogP contribution >= 0.6 is 0 Å². The highest BCUT2D eigenvalue weighted by Gasteiger charge is 2.31. The first-order valence-electron chi connectivity index (χ1n) is 4.88. The number of hydrogen-bond acceptors (Lipinski definition) is 4. The van der Waals surface area contributed by atoms with E-state index in [0.717, 1.165) is 13.0 Å². The molecule has 0 amide bonds. The van der Waals surface area contributed by atoms with Gasteiger partial charge >= 0.3 is 5.97 Å². The maximum atomic E-state index is 10.9. The van der Waals surface area contributed by atoms with E-state index in [2.05, 4.69) is 0 Å². The van der Waals surface area contributed by atoms with Crippen LogP contribution < -0.4 is 5.73 Å². The number of hydrogen-bond donors (Lipinski definition) is 2. The van der Waals surface area contributed by atoms with Crippen LogP contribution in [0.3, 0.4) is 0 Å². The van der Waals surface area contributed by atoms with E-state index in [0.29, 0.717) is 19.5 Å². The van der Waals surface area contributed by atoms with Gasteiger partial charge in [0, 0.05) is 20.2 Å². The molecule has 0 saturated carbocycles. The summed E-state index contributed by atoms with van der Waals surface area (Å²) in [6.45, 7) is 1.90. The number of nitrogens with zero attached hydrogens (tertiary/aromatic N) is 1. The van der Waals surface area contributed by atoms with Gasteiger partial charge < -0.3 is 15.6 Å². The van der Waals surface area contributed by atoms with Gasteiger partial charge in [-0.3, -0.25) is 9.69 Å². The van der Waals surface area contributed by atoms with Gasteiger partial charge in [0.05, 0.1) is 6.10 Å². The van der Waals surface area contributed by atoms with Crippen LogP contribution in [0, 0.1) is 0 Å². The molecule has 1 saturated heterocycles. The third kappa shape index (κ3) is 2.67. The Bertz CT molecular complexity index is 198. The Morgan fingerprint density at radius 3 is 2.93 bits per heavy atom. The lowest BCUT2D eigenvalue weighted by Crippen LogP contribution is -2.41. The first kappa shape index (κ1) is 11.4. The van der Waals surface area contributed by atoms with Gasteiger partial charge in [-0.05, 0) is 19.4 Å². The van der Waals surface area contributed by atoms with Gasteiger partial charge in [-0.25, -0.2) is 0 Å². The average Bonchev–Trinajstić information content (AvgIpc) is 2.61. The molecular weight excluding hydrogens is 184 g/mol. The molecule has 0 aromatic carbocycles. The highest BCUT2D eigenvalue weighted by atomic mass is 16.5. The fourth-order valence-corrected chi connectivity index (χ4v) is 1.85. The van der Waals surface area contributed by atoms with E-state index in [9.17, 15) is 4.79 Å². The number of ether oxygens (including phenoxy) is 1. The van der Waals surface area contributed by atoms with Crippen LogP contribution in [0.25, 0.3) is 0 Å². The minimum Gasteiger partial charge on any atom is -0.480 e. The topological polar surface area (TPSA) is 75.8 Å². The minimum absolute atomic E-state index is 0.176. The van der Waals surface area contributed by atoms with Gasteiger partial charge in [0.15, 0.2) is 0 Å². The number of nitrogens with two attached hydrogens (primary N) is 1. The van der Waals surface area contributed by atoms with Crippen molar-refractivity contribution in [2.45, 2.75) is 25.0 Å². The smallest absolute Gasteiger partial charge is 0.320 e. The van der Waals surface area contributed by atoms with E-state index < -0.39 is 12.0 Å². The largest absolute Gasteiger partial charge is 0.480 e. The maximum Gasteiger partial charge on any atom is 0.320 e. The molecule has 5 heteroatoms. The third-order valence-corrected chi connectivity index (χ3v) is 2.68. The molecule has 1 rings (SSSR count). The number of methoxy groups -OCH3 is 1. The molecule has 0 bridgehead atoms. The molecule has 0 spiro atoms. The lowest BCUT2D eigenvalue weighted by Gasteiger charge is -2.23. The van der Waals surface area contributed by atoms with Gasteiger partial charge in [-0.1, -0.05) is 0 Å². The number of carboxylic acids is 1. The van der Waals surface area contributed by atoms with Crippen molar-refractivity contribution in [3.8, 4) is 0 Å². The molecule has 1 aliphatic heterocycles. The molecule has 0 radical (unpaired) electrons. The molecular formula is C9H18N2O3. The number of carbonyl (C=O) groups is 1. The Morgan fingerprint density at radius 2 is 2.50 bits per heavy atom. The number of likely N-dealkylation sites (tertiary alicyclic amines) is 1. The van der Waals surface area contributed by atoms with E-state index >= 15 is 0 Å². The minimum atomic E-state index is -0.785. The van der Waals surface area contributed by atoms with Crippen molar-refractivity contribution in [3.05, 3.63) is 0 Å². The molecule has 82 valence electrons. The summed E-state index contributed by atoms with van der Waals surface area (Å²) in [5.74, 6) is -0.785. The summed E-state index contributed by atoms with van der Waals surface area (Å²) in [5, 5.41) is 8.99. The summed E-state index contributed by atoms with van der Waals surface area (Å²) in [5.41, 5.74) is 5.38. The van der Waals surface area contributed by atoms with Crippen LogP contribution in [0.5, 0.6) is 0 Å². The van der Waals surface area contributed by atoms with Crippen LogP contribution in [-0.2, 0) is 9.53 Å². The van der Waals surface area contributed by atoms with Crippen molar-refractivity contribution in [2.75, 3.05) is 26.7 Å².